The molecule has 4 N–H and O–H groups in total. The van der Waals surface area contributed by atoms with E-state index < -0.39 is 0 Å². The third-order valence-corrected chi connectivity index (χ3v) is 4.88. The molecule has 31 heavy (non-hydrogen) atoms. The van der Waals surface area contributed by atoms with Crippen molar-refractivity contribution in [3.63, 3.8) is 0 Å². The third kappa shape index (κ3) is 8.53. The fraction of sp³-hybridized carbons (Fsp3) is 0.579. The van der Waals surface area contributed by atoms with Crippen LogP contribution in [0.1, 0.15) is 54.9 Å². The Bertz CT molecular complexity index is 815. The molecule has 0 unspecified atom stereocenters. The van der Waals surface area contributed by atoms with Gasteiger partial charge in [-0.05, 0) is 32.6 Å². The molecule has 2 aliphatic heterocycles. The van der Waals surface area contributed by atoms with E-state index >= 15 is 0 Å². The molecule has 2 aromatic rings. The summed E-state index contributed by atoms with van der Waals surface area (Å²) in [7, 11) is 0. The summed E-state index contributed by atoms with van der Waals surface area (Å²) in [6, 6.07) is 0. The minimum absolute atomic E-state index is 0.250. The van der Waals surface area contributed by atoms with Crippen molar-refractivity contribution < 1.29 is 28.7 Å². The van der Waals surface area contributed by atoms with Crippen LogP contribution in [0.2, 0.25) is 0 Å². The molecule has 170 valence electrons. The normalized spacial score (nSPS) is 16.2. The number of nitrogen functional groups attached to an aromatic ring is 2. The number of hydrogen-bond acceptors (Lipinski definition) is 10. The molecule has 0 saturated carbocycles. The maximum Gasteiger partial charge on any atom is 0.373 e. The fourth-order valence-corrected chi connectivity index (χ4v) is 3.32. The fourth-order valence-electron chi connectivity index (χ4n) is 3.32. The number of hydrogen-bond donors (Lipinski definition) is 2. The van der Waals surface area contributed by atoms with Crippen molar-refractivity contribution >= 4 is 12.3 Å². The van der Waals surface area contributed by atoms with Gasteiger partial charge in [0.1, 0.15) is 11.6 Å². The molecule has 2 fully saturated rings. The van der Waals surface area contributed by atoms with E-state index in [1.807, 2.05) is 13.1 Å². The Hall–Kier alpha value is -3.30. The van der Waals surface area contributed by atoms with Gasteiger partial charge in [-0.2, -0.15) is 19.2 Å². The summed E-state index contributed by atoms with van der Waals surface area (Å²) < 4.78 is 13.8. The van der Waals surface area contributed by atoms with Crippen molar-refractivity contribution in [1.29, 1.82) is 0 Å². The molecule has 0 amide bonds. The van der Waals surface area contributed by atoms with Crippen LogP contribution >= 0.6 is 0 Å². The summed E-state index contributed by atoms with van der Waals surface area (Å²) in [4.78, 5) is 41.0. The van der Waals surface area contributed by atoms with Gasteiger partial charge >= 0.3 is 12.3 Å². The zero-order chi connectivity index (χ0) is 23.1. The zero-order valence-electron chi connectivity index (χ0n) is 17.4. The Balaban J connectivity index is 0.000000249. The Morgan fingerprint density at radius 2 is 1.32 bits per heavy atom. The van der Waals surface area contributed by atoms with Crippen LogP contribution in [0.5, 0.6) is 0 Å². The van der Waals surface area contributed by atoms with Crippen molar-refractivity contribution in [1.82, 2.24) is 19.3 Å². The predicted molar refractivity (Wildman–Crippen MR) is 105 cm³/mol. The maximum absolute atomic E-state index is 8.12. The van der Waals surface area contributed by atoms with Crippen LogP contribution in [-0.4, -0.2) is 58.1 Å². The standard InChI is InChI=1S/C9H15N3O.C8H13N3O.2CO2/c1-7-6-11-9(12(7)10)8-2-4-13-5-3-8;9-11-4-3-10-8(11)7-1-5-12-6-2-7;2*2-1-3/h6,8H,2-5,10H2,1H3;3-4,7H,1-2,5-6,9H2;;. The highest BCUT2D eigenvalue weighted by Crippen LogP contribution is 2.25. The van der Waals surface area contributed by atoms with Crippen molar-refractivity contribution in [2.24, 2.45) is 0 Å². The van der Waals surface area contributed by atoms with E-state index in [9.17, 15) is 0 Å². The number of carbonyl (C=O) groups excluding carboxylic acids is 4. The van der Waals surface area contributed by atoms with Crippen molar-refractivity contribution in [2.75, 3.05) is 38.1 Å². The van der Waals surface area contributed by atoms with Crippen LogP contribution in [0.15, 0.2) is 18.6 Å². The van der Waals surface area contributed by atoms with Crippen molar-refractivity contribution in [3.8, 4) is 0 Å². The van der Waals surface area contributed by atoms with Gasteiger partial charge in [0.2, 0.25) is 0 Å². The molecular formula is C19H28N6O6. The minimum atomic E-state index is 0.250. The molecule has 12 nitrogen and oxygen atoms in total. The number of aromatic nitrogens is 4. The topological polar surface area (TPSA) is 174 Å². The number of ether oxygens (including phenoxy) is 2. The first-order valence-electron chi connectivity index (χ1n) is 9.71. The average Bonchev–Trinajstić information content (AvgIpc) is 3.36. The molecule has 0 bridgehead atoms. The van der Waals surface area contributed by atoms with Gasteiger partial charge in [0.15, 0.2) is 0 Å². The lowest BCUT2D eigenvalue weighted by atomic mass is 10.00. The van der Waals surface area contributed by atoms with Crippen molar-refractivity contribution in [2.45, 2.75) is 44.4 Å². The van der Waals surface area contributed by atoms with Crippen LogP contribution in [0, 0.1) is 6.92 Å². The van der Waals surface area contributed by atoms with E-state index in [0.29, 0.717) is 11.8 Å². The summed E-state index contributed by atoms with van der Waals surface area (Å²) in [6.45, 7) is 5.29. The SMILES string of the molecule is Cc1cnc(C2CCOCC2)n1N.Nn1ccnc1C1CCOCC1.O=C=O.O=C=O. The molecule has 0 aliphatic carbocycles. The van der Waals surface area contributed by atoms with Crippen LogP contribution in [0.3, 0.4) is 0 Å². The van der Waals surface area contributed by atoms with Gasteiger partial charge in [0.25, 0.3) is 0 Å². The Morgan fingerprint density at radius 1 is 0.871 bits per heavy atom. The van der Waals surface area contributed by atoms with Gasteiger partial charge in [-0.3, -0.25) is 9.35 Å². The van der Waals surface area contributed by atoms with E-state index in [1.165, 1.54) is 0 Å². The molecule has 0 radical (unpaired) electrons. The molecule has 2 aromatic heterocycles. The average molecular weight is 436 g/mol. The number of nitrogens with two attached hydrogens (primary N) is 2. The monoisotopic (exact) mass is 436 g/mol. The van der Waals surface area contributed by atoms with E-state index in [2.05, 4.69) is 9.97 Å². The quantitative estimate of drug-likeness (QED) is 0.615. The first-order valence-corrected chi connectivity index (χ1v) is 9.71. The molecular weight excluding hydrogens is 408 g/mol. The summed E-state index contributed by atoms with van der Waals surface area (Å²) in [6.07, 6.45) is 9.99. The highest BCUT2D eigenvalue weighted by Gasteiger charge is 2.21. The summed E-state index contributed by atoms with van der Waals surface area (Å²) >= 11 is 0. The third-order valence-electron chi connectivity index (χ3n) is 4.88. The summed E-state index contributed by atoms with van der Waals surface area (Å²) in [5, 5.41) is 0. The number of imidazole rings is 2. The van der Waals surface area contributed by atoms with Gasteiger partial charge in [-0.15, -0.1) is 0 Å². The smallest absolute Gasteiger partial charge is 0.373 e. The zero-order valence-corrected chi connectivity index (χ0v) is 17.4. The molecule has 0 aromatic carbocycles. The lowest BCUT2D eigenvalue weighted by molar-refractivity contribution is -0.193. The Labute approximate surface area is 179 Å². The summed E-state index contributed by atoms with van der Waals surface area (Å²) in [5.41, 5.74) is 1.02. The van der Waals surface area contributed by atoms with Crippen LogP contribution in [-0.2, 0) is 28.7 Å². The molecule has 2 aliphatic rings. The highest BCUT2D eigenvalue weighted by atomic mass is 16.5. The lowest BCUT2D eigenvalue weighted by Crippen LogP contribution is -2.22. The van der Waals surface area contributed by atoms with E-state index in [4.69, 9.17) is 40.3 Å². The number of aryl methyl sites for hydroxylation is 1. The van der Waals surface area contributed by atoms with E-state index in [0.717, 1.165) is 69.5 Å². The molecule has 0 atom stereocenters. The van der Waals surface area contributed by atoms with Crippen LogP contribution in [0.4, 0.5) is 0 Å². The van der Waals surface area contributed by atoms with E-state index in [1.54, 1.807) is 21.7 Å². The van der Waals surface area contributed by atoms with E-state index in [-0.39, 0.29) is 12.3 Å². The van der Waals surface area contributed by atoms with Gasteiger partial charge < -0.3 is 21.2 Å². The Morgan fingerprint density at radius 3 is 1.68 bits per heavy atom. The van der Waals surface area contributed by atoms with Gasteiger partial charge in [-0.1, -0.05) is 0 Å². The molecule has 4 rings (SSSR count). The second-order valence-corrected chi connectivity index (χ2v) is 6.76. The second-order valence-electron chi connectivity index (χ2n) is 6.76. The van der Waals surface area contributed by atoms with Gasteiger partial charge in [-0.25, -0.2) is 9.97 Å². The Kier molecular flexibility index (Phi) is 12.2. The minimum Gasteiger partial charge on any atom is -0.381 e. The first kappa shape index (κ1) is 25.7. The van der Waals surface area contributed by atoms with Gasteiger partial charge in [0.05, 0.1) is 11.9 Å². The maximum atomic E-state index is 8.12. The first-order chi connectivity index (χ1) is 15.0. The number of rotatable bonds is 2. The molecule has 4 heterocycles. The number of nitrogens with zero attached hydrogens (tertiary/aromatic N) is 4. The highest BCUT2D eigenvalue weighted by molar-refractivity contribution is 5.20. The molecule has 2 saturated heterocycles. The lowest BCUT2D eigenvalue weighted by Gasteiger charge is -2.21. The predicted octanol–water partition coefficient (Wildman–Crippen LogP) is 0.123. The van der Waals surface area contributed by atoms with Gasteiger partial charge in [0, 0.05) is 50.7 Å². The van der Waals surface area contributed by atoms with Crippen LogP contribution < -0.4 is 11.7 Å². The second kappa shape index (κ2) is 14.6. The molecule has 12 heteroatoms. The van der Waals surface area contributed by atoms with Crippen molar-refractivity contribution in [3.05, 3.63) is 35.9 Å². The van der Waals surface area contributed by atoms with Crippen LogP contribution in [0.25, 0.3) is 0 Å². The summed E-state index contributed by atoms with van der Waals surface area (Å²) in [5.74, 6) is 14.5. The molecule has 0 spiro atoms. The largest absolute Gasteiger partial charge is 0.381 e.